The summed E-state index contributed by atoms with van der Waals surface area (Å²) >= 11 is 6.54. The van der Waals surface area contributed by atoms with Gasteiger partial charge in [-0.1, -0.05) is 36.1 Å². The molecule has 0 aliphatic carbocycles. The number of hydrogen-bond donors (Lipinski definition) is 1. The van der Waals surface area contributed by atoms with Crippen LogP contribution in [0.3, 0.4) is 0 Å². The van der Waals surface area contributed by atoms with Crippen LogP contribution in [-0.4, -0.2) is 26.6 Å². The second-order valence-corrected chi connectivity index (χ2v) is 4.92. The van der Waals surface area contributed by atoms with Crippen LogP contribution in [-0.2, 0) is 0 Å². The predicted octanol–water partition coefficient (Wildman–Crippen LogP) is 2.72. The molecule has 104 valence electrons. The van der Waals surface area contributed by atoms with Gasteiger partial charge in [-0.15, -0.1) is 10.2 Å². The van der Waals surface area contributed by atoms with Crippen molar-refractivity contribution < 1.29 is 4.74 Å². The smallest absolute Gasteiger partial charge is 0.268 e. The first-order chi connectivity index (χ1) is 9.69. The molecule has 1 N–H and O–H groups in total. The van der Waals surface area contributed by atoms with Gasteiger partial charge in [-0.05, 0) is 32.3 Å². The van der Waals surface area contributed by atoms with Crippen LogP contribution in [0.25, 0.3) is 5.57 Å². The monoisotopic (exact) mass is 306 g/mol. The summed E-state index contributed by atoms with van der Waals surface area (Å²) in [5.41, 5.74) is 2.23. The summed E-state index contributed by atoms with van der Waals surface area (Å²) in [5, 5.41) is 12.1. The van der Waals surface area contributed by atoms with E-state index in [1.165, 1.54) is 11.8 Å². The number of rotatable bonds is 2. The molecule has 5 nitrogen and oxygen atoms in total. The van der Waals surface area contributed by atoms with Crippen molar-refractivity contribution in [3.05, 3.63) is 35.7 Å². The fraction of sp³-hybridized carbons (Fsp3) is 0.231. The lowest BCUT2D eigenvalue weighted by molar-refractivity contribution is 0.505. The van der Waals surface area contributed by atoms with Gasteiger partial charge in [0.2, 0.25) is 5.16 Å². The Balaban J connectivity index is 2.63. The third-order valence-electron chi connectivity index (χ3n) is 2.53. The second-order valence-electron chi connectivity index (χ2n) is 3.78. The van der Waals surface area contributed by atoms with Gasteiger partial charge in [0, 0.05) is 11.3 Å². The van der Waals surface area contributed by atoms with E-state index in [1.807, 2.05) is 44.4 Å². The molecule has 0 amide bonds. The van der Waals surface area contributed by atoms with E-state index in [4.69, 9.17) is 17.0 Å². The van der Waals surface area contributed by atoms with E-state index < -0.39 is 0 Å². The molecule has 1 aliphatic rings. The summed E-state index contributed by atoms with van der Waals surface area (Å²) in [4.78, 5) is 4.32. The van der Waals surface area contributed by atoms with Crippen molar-refractivity contribution >= 4 is 34.7 Å². The Morgan fingerprint density at radius 1 is 1.30 bits per heavy atom. The molecule has 0 spiro atoms. The van der Waals surface area contributed by atoms with Crippen molar-refractivity contribution in [2.24, 2.45) is 0 Å². The molecule has 20 heavy (non-hydrogen) atoms. The molecule has 2 heterocycles. The summed E-state index contributed by atoms with van der Waals surface area (Å²) in [6.45, 7) is 3.86. The Morgan fingerprint density at radius 3 is 2.75 bits per heavy atom. The van der Waals surface area contributed by atoms with Gasteiger partial charge in [0.25, 0.3) is 11.1 Å². The number of nitrogens with one attached hydrogen (secondary N) is 1. The molecule has 0 fully saturated rings. The molecule has 0 atom stereocenters. The molecule has 1 aromatic heterocycles. The largest absolute Gasteiger partial charge is 0.410 e. The van der Waals surface area contributed by atoms with Crippen LogP contribution in [0.15, 0.2) is 35.2 Å². The maximum atomic E-state index is 5.53. The molecule has 0 saturated heterocycles. The number of fused-ring (bicyclic) bond motifs is 1. The lowest BCUT2D eigenvalue weighted by Gasteiger charge is -2.07. The molecule has 0 saturated carbocycles. The van der Waals surface area contributed by atoms with Crippen LogP contribution in [0.1, 0.15) is 19.5 Å². The van der Waals surface area contributed by atoms with E-state index in [0.29, 0.717) is 16.7 Å². The lowest BCUT2D eigenvalue weighted by atomic mass is 10.1. The number of nitrogens with zero attached hydrogens (tertiary/aromatic N) is 3. The average Bonchev–Trinajstić information content (AvgIpc) is 2.59. The van der Waals surface area contributed by atoms with Gasteiger partial charge < -0.3 is 10.1 Å². The summed E-state index contributed by atoms with van der Waals surface area (Å²) in [6.07, 6.45) is 9.56. The van der Waals surface area contributed by atoms with Crippen LogP contribution in [0.2, 0.25) is 0 Å². The summed E-state index contributed by atoms with van der Waals surface area (Å²) < 4.78 is 5.53. The molecular weight excluding hydrogens is 292 g/mol. The van der Waals surface area contributed by atoms with Crippen LogP contribution in [0, 0.1) is 0 Å². The number of allylic oxidation sites excluding steroid dienone is 5. The number of thiocarbonyl (C=S) groups is 1. The highest BCUT2D eigenvalue weighted by Crippen LogP contribution is 2.30. The van der Waals surface area contributed by atoms with Gasteiger partial charge in [-0.2, -0.15) is 4.98 Å². The molecule has 1 aliphatic heterocycles. The average molecular weight is 306 g/mol. The highest BCUT2D eigenvalue weighted by atomic mass is 32.2. The highest BCUT2D eigenvalue weighted by Gasteiger charge is 2.23. The van der Waals surface area contributed by atoms with Crippen molar-refractivity contribution in [3.8, 4) is 5.88 Å². The molecule has 7 heteroatoms. The van der Waals surface area contributed by atoms with Gasteiger partial charge in [-0.25, -0.2) is 0 Å². The van der Waals surface area contributed by atoms with Crippen molar-refractivity contribution in [1.82, 2.24) is 20.5 Å². The van der Waals surface area contributed by atoms with Crippen molar-refractivity contribution in [3.63, 3.8) is 0 Å². The van der Waals surface area contributed by atoms with Crippen molar-refractivity contribution in [2.45, 2.75) is 19.0 Å². The van der Waals surface area contributed by atoms with Gasteiger partial charge in [0.15, 0.2) is 5.69 Å². The first kappa shape index (κ1) is 14.7. The molecule has 0 unspecified atom stereocenters. The zero-order chi connectivity index (χ0) is 14.5. The van der Waals surface area contributed by atoms with E-state index in [2.05, 4.69) is 20.5 Å². The Kier molecular flexibility index (Phi) is 4.86. The second kappa shape index (κ2) is 6.62. The van der Waals surface area contributed by atoms with Gasteiger partial charge in [0.1, 0.15) is 0 Å². The van der Waals surface area contributed by atoms with Crippen molar-refractivity contribution in [2.75, 3.05) is 6.26 Å². The lowest BCUT2D eigenvalue weighted by Crippen LogP contribution is -2.24. The summed E-state index contributed by atoms with van der Waals surface area (Å²) in [5.74, 6) is 0.370. The Morgan fingerprint density at radius 2 is 2.10 bits per heavy atom. The van der Waals surface area contributed by atoms with Crippen molar-refractivity contribution in [1.29, 1.82) is 0 Å². The molecule has 0 bridgehead atoms. The number of ether oxygens (including phenoxy) is 1. The number of aromatic nitrogens is 3. The van der Waals surface area contributed by atoms with Gasteiger partial charge in [-0.3, -0.25) is 0 Å². The Bertz CT molecular complexity index is 623. The van der Waals surface area contributed by atoms with Gasteiger partial charge in [0.05, 0.1) is 0 Å². The number of hydrogen-bond acceptors (Lipinski definition) is 6. The first-order valence-corrected chi connectivity index (χ1v) is 7.60. The minimum absolute atomic E-state index is 0.246. The first-order valence-electron chi connectivity index (χ1n) is 5.97. The minimum atomic E-state index is 0.246. The third kappa shape index (κ3) is 3.05. The van der Waals surface area contributed by atoms with E-state index in [0.717, 1.165) is 11.3 Å². The van der Waals surface area contributed by atoms with E-state index in [1.54, 1.807) is 0 Å². The zero-order valence-corrected chi connectivity index (χ0v) is 13.0. The normalized spacial score (nSPS) is 18.9. The molecular formula is C13H14N4OS2. The van der Waals surface area contributed by atoms with Crippen LogP contribution in [0.4, 0.5) is 0 Å². The summed E-state index contributed by atoms with van der Waals surface area (Å²) in [6, 6.07) is 0. The van der Waals surface area contributed by atoms with E-state index in [-0.39, 0.29) is 5.17 Å². The van der Waals surface area contributed by atoms with E-state index >= 15 is 0 Å². The standard InChI is InChI=1S/C13H14N4OS2/c1-4-6-7-8-9(5-2)14-13(19)18-11-10(8)16-17-12(15-11)20-3/h4-7H,1-3H3,(H,14,19)/b6-4-,8-7+,9-5?. The fourth-order valence-corrected chi connectivity index (χ4v) is 2.12. The topological polar surface area (TPSA) is 59.9 Å². The SMILES string of the molecule is CC=C1NC(=S)Oc2nc(SC)nnc2/C1=C/C=C\C. The maximum Gasteiger partial charge on any atom is 0.268 e. The third-order valence-corrected chi connectivity index (χ3v) is 3.26. The maximum absolute atomic E-state index is 5.53. The number of thioether (sulfide) groups is 1. The molecule has 2 rings (SSSR count). The highest BCUT2D eigenvalue weighted by molar-refractivity contribution is 7.98. The molecule has 0 radical (unpaired) electrons. The van der Waals surface area contributed by atoms with Crippen LogP contribution < -0.4 is 10.1 Å². The zero-order valence-electron chi connectivity index (χ0n) is 11.4. The molecule has 0 aromatic carbocycles. The Labute approximate surface area is 127 Å². The van der Waals surface area contributed by atoms with E-state index in [9.17, 15) is 0 Å². The molecule has 1 aromatic rings. The fourth-order valence-electron chi connectivity index (χ4n) is 1.63. The minimum Gasteiger partial charge on any atom is -0.410 e. The van der Waals surface area contributed by atoms with Crippen LogP contribution in [0.5, 0.6) is 5.88 Å². The predicted molar refractivity (Wildman–Crippen MR) is 84.5 cm³/mol. The quantitative estimate of drug-likeness (QED) is 0.666. The van der Waals surface area contributed by atoms with Gasteiger partial charge >= 0.3 is 0 Å². The Hall–Kier alpha value is -1.73. The van der Waals surface area contributed by atoms with Crippen LogP contribution >= 0.6 is 24.0 Å². The summed E-state index contributed by atoms with van der Waals surface area (Å²) in [7, 11) is 0.